The first-order valence-corrected chi connectivity index (χ1v) is 14.2. The van der Waals surface area contributed by atoms with E-state index in [1.807, 2.05) is 82.3 Å². The van der Waals surface area contributed by atoms with E-state index in [-0.39, 0.29) is 24.8 Å². The van der Waals surface area contributed by atoms with Crippen molar-refractivity contribution in [3.63, 3.8) is 0 Å². The lowest BCUT2D eigenvalue weighted by atomic mass is 10.0. The van der Waals surface area contributed by atoms with Crippen LogP contribution in [0.1, 0.15) is 52.5 Å². The fraction of sp³-hybridized carbons (Fsp3) is 0.379. The fourth-order valence-corrected chi connectivity index (χ4v) is 6.62. The van der Waals surface area contributed by atoms with Gasteiger partial charge in [-0.25, -0.2) is 8.42 Å². The number of amides is 2. The van der Waals surface area contributed by atoms with Gasteiger partial charge in [-0.05, 0) is 56.7 Å². The van der Waals surface area contributed by atoms with Gasteiger partial charge in [0.2, 0.25) is 11.8 Å². The number of sulfonamides is 1. The number of anilines is 1. The first kappa shape index (κ1) is 26.7. The average Bonchev–Trinajstić information content (AvgIpc) is 3.06. The van der Waals surface area contributed by atoms with Crippen molar-refractivity contribution < 1.29 is 18.0 Å². The van der Waals surface area contributed by atoms with Gasteiger partial charge in [0.25, 0.3) is 10.0 Å². The van der Waals surface area contributed by atoms with Crippen LogP contribution in [0.3, 0.4) is 0 Å². The minimum Gasteiger partial charge on any atom is -0.350 e. The summed E-state index contributed by atoms with van der Waals surface area (Å²) in [4.78, 5) is 28.6. The van der Waals surface area contributed by atoms with Gasteiger partial charge in [-0.15, -0.1) is 0 Å². The van der Waals surface area contributed by atoms with E-state index in [1.165, 1.54) is 4.31 Å². The second-order valence-electron chi connectivity index (χ2n) is 10.5. The van der Waals surface area contributed by atoms with Crippen LogP contribution < -0.4 is 9.62 Å². The second kappa shape index (κ2) is 10.5. The Balaban J connectivity index is 1.52. The topological polar surface area (TPSA) is 86.8 Å². The Bertz CT molecular complexity index is 1390. The lowest BCUT2D eigenvalue weighted by Crippen LogP contribution is -2.53. The molecule has 0 aliphatic carbocycles. The molecule has 1 N–H and O–H groups in total. The van der Waals surface area contributed by atoms with Crippen molar-refractivity contribution in [2.45, 2.75) is 70.0 Å². The van der Waals surface area contributed by atoms with Crippen LogP contribution in [0.4, 0.5) is 5.69 Å². The molecule has 1 unspecified atom stereocenters. The van der Waals surface area contributed by atoms with Crippen molar-refractivity contribution in [2.24, 2.45) is 0 Å². The maximum atomic E-state index is 13.5. The summed E-state index contributed by atoms with van der Waals surface area (Å²) in [6, 6.07) is 19.8. The lowest BCUT2D eigenvalue weighted by molar-refractivity contribution is -0.142. The minimum atomic E-state index is -3.68. The molecule has 3 aromatic rings. The van der Waals surface area contributed by atoms with Gasteiger partial charge in [0, 0.05) is 30.4 Å². The molecule has 0 saturated carbocycles. The molecule has 1 aliphatic rings. The molecule has 2 amide bonds. The molecule has 0 radical (unpaired) electrons. The summed E-state index contributed by atoms with van der Waals surface area (Å²) in [6.45, 7) is 8.13. The van der Waals surface area contributed by atoms with Crippen LogP contribution in [0, 0.1) is 0 Å². The van der Waals surface area contributed by atoms with E-state index in [2.05, 4.69) is 5.32 Å². The molecule has 196 valence electrons. The summed E-state index contributed by atoms with van der Waals surface area (Å²) in [6.07, 6.45) is 0.938. The Morgan fingerprint density at radius 1 is 0.973 bits per heavy atom. The Labute approximate surface area is 219 Å². The van der Waals surface area contributed by atoms with Gasteiger partial charge in [-0.1, -0.05) is 61.5 Å². The smallest absolute Gasteiger partial charge is 0.265 e. The van der Waals surface area contributed by atoms with Crippen LogP contribution in [0.2, 0.25) is 0 Å². The Morgan fingerprint density at radius 3 is 2.30 bits per heavy atom. The zero-order chi connectivity index (χ0) is 26.8. The SMILES string of the molecule is CCC(C(=O)NC(C)(C)C)N(Cc1ccccc1)C(=O)CCCN1c2cccc3cccc(c23)S1(=O)=O. The van der Waals surface area contributed by atoms with E-state index >= 15 is 0 Å². The van der Waals surface area contributed by atoms with Crippen molar-refractivity contribution in [2.75, 3.05) is 10.8 Å². The number of nitrogens with one attached hydrogen (secondary N) is 1. The predicted molar refractivity (Wildman–Crippen MR) is 147 cm³/mol. The van der Waals surface area contributed by atoms with Gasteiger partial charge in [0.1, 0.15) is 6.04 Å². The van der Waals surface area contributed by atoms with Gasteiger partial charge in [-0.3, -0.25) is 13.9 Å². The van der Waals surface area contributed by atoms with E-state index in [9.17, 15) is 18.0 Å². The third-order valence-corrected chi connectivity index (χ3v) is 8.37. The largest absolute Gasteiger partial charge is 0.350 e. The van der Waals surface area contributed by atoms with Gasteiger partial charge in [0.05, 0.1) is 10.6 Å². The van der Waals surface area contributed by atoms with Crippen LogP contribution >= 0.6 is 0 Å². The van der Waals surface area contributed by atoms with Gasteiger partial charge in [0.15, 0.2) is 0 Å². The van der Waals surface area contributed by atoms with E-state index in [1.54, 1.807) is 17.0 Å². The molecule has 1 atom stereocenters. The number of carbonyl (C=O) groups excluding carboxylic acids is 2. The summed E-state index contributed by atoms with van der Waals surface area (Å²) < 4.78 is 27.9. The Hall–Kier alpha value is -3.39. The summed E-state index contributed by atoms with van der Waals surface area (Å²) in [5, 5.41) is 4.61. The maximum absolute atomic E-state index is 13.5. The monoisotopic (exact) mass is 521 g/mol. The molecule has 0 aromatic heterocycles. The number of hydrogen-bond acceptors (Lipinski definition) is 4. The fourth-order valence-electron chi connectivity index (χ4n) is 4.87. The van der Waals surface area contributed by atoms with E-state index in [0.717, 1.165) is 16.3 Å². The molecular formula is C29H35N3O4S. The van der Waals surface area contributed by atoms with Gasteiger partial charge < -0.3 is 10.2 Å². The summed E-state index contributed by atoms with van der Waals surface area (Å²) >= 11 is 0. The summed E-state index contributed by atoms with van der Waals surface area (Å²) in [5.41, 5.74) is 1.16. The van der Waals surface area contributed by atoms with Crippen LogP contribution in [0.15, 0.2) is 71.6 Å². The molecule has 1 heterocycles. The van der Waals surface area contributed by atoms with Gasteiger partial charge in [-0.2, -0.15) is 0 Å². The quantitative estimate of drug-likeness (QED) is 0.436. The summed E-state index contributed by atoms with van der Waals surface area (Å²) in [5.74, 6) is -0.365. The maximum Gasteiger partial charge on any atom is 0.265 e. The second-order valence-corrected chi connectivity index (χ2v) is 12.3. The van der Waals surface area contributed by atoms with Crippen LogP contribution in [-0.2, 0) is 26.2 Å². The molecule has 1 aliphatic heterocycles. The van der Waals surface area contributed by atoms with Gasteiger partial charge >= 0.3 is 0 Å². The molecular weight excluding hydrogens is 486 g/mol. The number of carbonyl (C=O) groups is 2. The van der Waals surface area contributed by atoms with Crippen LogP contribution in [-0.4, -0.2) is 43.3 Å². The molecule has 7 nitrogen and oxygen atoms in total. The number of benzene rings is 3. The first-order chi connectivity index (χ1) is 17.5. The number of hydrogen-bond donors (Lipinski definition) is 1. The van der Waals surface area contributed by atoms with E-state index < -0.39 is 21.6 Å². The first-order valence-electron chi connectivity index (χ1n) is 12.7. The number of nitrogens with zero attached hydrogens (tertiary/aromatic N) is 2. The highest BCUT2D eigenvalue weighted by Gasteiger charge is 2.36. The van der Waals surface area contributed by atoms with Crippen molar-refractivity contribution in [1.82, 2.24) is 10.2 Å². The average molecular weight is 522 g/mol. The lowest BCUT2D eigenvalue weighted by Gasteiger charge is -2.33. The highest BCUT2D eigenvalue weighted by molar-refractivity contribution is 7.93. The standard InChI is InChI=1S/C29H35N3O4S/c1-5-23(28(34)30-29(2,3)4)31(20-21-12-7-6-8-13-21)26(33)18-11-19-32-24-16-9-14-22-15-10-17-25(27(22)24)37(32,35)36/h6-10,12-17,23H,5,11,18-20H2,1-4H3,(H,30,34). The van der Waals surface area contributed by atoms with E-state index in [4.69, 9.17) is 0 Å². The zero-order valence-electron chi connectivity index (χ0n) is 21.9. The molecule has 0 saturated heterocycles. The molecule has 3 aromatic carbocycles. The molecule has 0 bridgehead atoms. The molecule has 0 spiro atoms. The van der Waals surface area contributed by atoms with Crippen molar-refractivity contribution in [3.05, 3.63) is 72.3 Å². The number of rotatable bonds is 9. The Morgan fingerprint density at radius 2 is 1.65 bits per heavy atom. The predicted octanol–water partition coefficient (Wildman–Crippen LogP) is 4.85. The normalized spacial score (nSPS) is 15.0. The third-order valence-electron chi connectivity index (χ3n) is 6.51. The zero-order valence-corrected chi connectivity index (χ0v) is 22.7. The highest BCUT2D eigenvalue weighted by Crippen LogP contribution is 2.42. The summed E-state index contributed by atoms with van der Waals surface area (Å²) in [7, 11) is -3.68. The molecule has 8 heteroatoms. The third kappa shape index (κ3) is 5.64. The Kier molecular flexibility index (Phi) is 7.59. The van der Waals surface area contributed by atoms with Crippen molar-refractivity contribution >= 4 is 38.3 Å². The van der Waals surface area contributed by atoms with E-state index in [0.29, 0.717) is 30.0 Å². The highest BCUT2D eigenvalue weighted by atomic mass is 32.2. The van der Waals surface area contributed by atoms with Crippen molar-refractivity contribution in [1.29, 1.82) is 0 Å². The van der Waals surface area contributed by atoms with Crippen LogP contribution in [0.25, 0.3) is 10.8 Å². The minimum absolute atomic E-state index is 0.129. The molecule has 4 rings (SSSR count). The van der Waals surface area contributed by atoms with Crippen LogP contribution in [0.5, 0.6) is 0 Å². The molecule has 0 fully saturated rings. The van der Waals surface area contributed by atoms with Crippen molar-refractivity contribution in [3.8, 4) is 0 Å². The molecule has 37 heavy (non-hydrogen) atoms.